The molecule has 1 aliphatic heterocycles. The lowest BCUT2D eigenvalue weighted by Crippen LogP contribution is -2.12. The van der Waals surface area contributed by atoms with Crippen LogP contribution in [0.15, 0.2) is 97.2 Å². The Bertz CT molecular complexity index is 988. The zero-order chi connectivity index (χ0) is 16.6. The lowest BCUT2D eigenvalue weighted by Gasteiger charge is -2.25. The number of rotatable bonds is 1. The predicted octanol–water partition coefficient (Wildman–Crippen LogP) is 6.20. The standard InChI is InChI=1S/C23H16N2/c1-2-9-17(10-3-1)25-22-15-7-6-13-20(22)18-11-4-5-12-19(18)21-14-8-16-24-23(21)25/h1-16H. The Morgan fingerprint density at radius 2 is 1.12 bits per heavy atom. The monoisotopic (exact) mass is 320 g/mol. The number of hydrogen-bond acceptors (Lipinski definition) is 2. The van der Waals surface area contributed by atoms with Crippen LogP contribution >= 0.6 is 0 Å². The van der Waals surface area contributed by atoms with Gasteiger partial charge in [-0.25, -0.2) is 4.98 Å². The van der Waals surface area contributed by atoms with Crippen LogP contribution in [0.5, 0.6) is 0 Å². The second kappa shape index (κ2) is 5.60. The number of hydrogen-bond donors (Lipinski definition) is 0. The first kappa shape index (κ1) is 14.0. The number of benzene rings is 3. The Hall–Kier alpha value is -3.39. The summed E-state index contributed by atoms with van der Waals surface area (Å²) in [6, 6.07) is 31.7. The molecule has 2 heterocycles. The maximum Gasteiger partial charge on any atom is 0.145 e. The van der Waals surface area contributed by atoms with Gasteiger partial charge in [0, 0.05) is 23.0 Å². The fraction of sp³-hybridized carbons (Fsp3) is 0. The molecule has 1 aliphatic rings. The zero-order valence-corrected chi connectivity index (χ0v) is 13.6. The van der Waals surface area contributed by atoms with E-state index in [1.54, 1.807) is 0 Å². The molecule has 0 radical (unpaired) electrons. The van der Waals surface area contributed by atoms with Gasteiger partial charge in [0.15, 0.2) is 0 Å². The van der Waals surface area contributed by atoms with Crippen LogP contribution in [-0.2, 0) is 0 Å². The van der Waals surface area contributed by atoms with E-state index in [-0.39, 0.29) is 0 Å². The number of pyridine rings is 1. The molecule has 0 bridgehead atoms. The molecule has 0 spiro atoms. The van der Waals surface area contributed by atoms with Crippen molar-refractivity contribution in [3.05, 3.63) is 97.2 Å². The fourth-order valence-corrected chi connectivity index (χ4v) is 3.59. The van der Waals surface area contributed by atoms with Gasteiger partial charge in [-0.15, -0.1) is 0 Å². The second-order valence-corrected chi connectivity index (χ2v) is 6.11. The van der Waals surface area contributed by atoms with E-state index in [0.29, 0.717) is 0 Å². The molecule has 25 heavy (non-hydrogen) atoms. The van der Waals surface area contributed by atoms with Crippen molar-refractivity contribution in [3.63, 3.8) is 0 Å². The molecule has 4 aromatic rings. The topological polar surface area (TPSA) is 16.1 Å². The average molecular weight is 320 g/mol. The molecular formula is C23H16N2. The van der Waals surface area contributed by atoms with Crippen LogP contribution in [0.25, 0.3) is 22.3 Å². The molecule has 2 heteroatoms. The minimum atomic E-state index is 0.964. The summed E-state index contributed by atoms with van der Waals surface area (Å²) >= 11 is 0. The molecule has 0 amide bonds. The SMILES string of the molecule is c1ccc(N2c3ccccc3-c3ccccc3-c3cccnc32)cc1. The molecule has 0 N–H and O–H groups in total. The van der Waals surface area contributed by atoms with Crippen LogP contribution in [-0.4, -0.2) is 4.98 Å². The van der Waals surface area contributed by atoms with Gasteiger partial charge in [0.2, 0.25) is 0 Å². The highest BCUT2D eigenvalue weighted by molar-refractivity contribution is 6.00. The van der Waals surface area contributed by atoms with Gasteiger partial charge in [-0.2, -0.15) is 0 Å². The molecule has 2 nitrogen and oxygen atoms in total. The number of anilines is 3. The van der Waals surface area contributed by atoms with Gasteiger partial charge in [-0.05, 0) is 41.5 Å². The van der Waals surface area contributed by atoms with Gasteiger partial charge >= 0.3 is 0 Å². The Morgan fingerprint density at radius 1 is 0.520 bits per heavy atom. The van der Waals surface area contributed by atoms with Gasteiger partial charge in [0.05, 0.1) is 5.69 Å². The summed E-state index contributed by atoms with van der Waals surface area (Å²) in [6.07, 6.45) is 1.87. The van der Waals surface area contributed by atoms with Gasteiger partial charge in [-0.1, -0.05) is 60.7 Å². The highest BCUT2D eigenvalue weighted by Gasteiger charge is 2.26. The fourth-order valence-electron chi connectivity index (χ4n) is 3.59. The van der Waals surface area contributed by atoms with Crippen LogP contribution in [0.3, 0.4) is 0 Å². The summed E-state index contributed by atoms with van der Waals surface area (Å²) in [7, 11) is 0. The van der Waals surface area contributed by atoms with E-state index in [0.717, 1.165) is 22.8 Å². The van der Waals surface area contributed by atoms with Crippen LogP contribution in [0.2, 0.25) is 0 Å². The smallest absolute Gasteiger partial charge is 0.145 e. The summed E-state index contributed by atoms with van der Waals surface area (Å²) in [6.45, 7) is 0. The molecule has 5 rings (SSSR count). The first-order valence-corrected chi connectivity index (χ1v) is 8.42. The second-order valence-electron chi connectivity index (χ2n) is 6.11. The largest absolute Gasteiger partial charge is 0.294 e. The van der Waals surface area contributed by atoms with E-state index < -0.39 is 0 Å². The summed E-state index contributed by atoms with van der Waals surface area (Å²) in [5, 5.41) is 0. The zero-order valence-electron chi connectivity index (χ0n) is 13.6. The number of nitrogens with zero attached hydrogens (tertiary/aromatic N) is 2. The summed E-state index contributed by atoms with van der Waals surface area (Å²) in [5.41, 5.74) is 7.10. The van der Waals surface area contributed by atoms with Crippen molar-refractivity contribution in [3.8, 4) is 22.3 Å². The Balaban J connectivity index is 1.92. The number of aromatic nitrogens is 1. The van der Waals surface area contributed by atoms with Gasteiger partial charge < -0.3 is 0 Å². The molecule has 0 saturated heterocycles. The van der Waals surface area contributed by atoms with Crippen LogP contribution in [0.1, 0.15) is 0 Å². The first-order chi connectivity index (χ1) is 12.4. The molecule has 1 aromatic heterocycles. The highest BCUT2D eigenvalue weighted by atomic mass is 15.2. The lowest BCUT2D eigenvalue weighted by atomic mass is 9.95. The van der Waals surface area contributed by atoms with Crippen molar-refractivity contribution in [1.82, 2.24) is 4.98 Å². The van der Waals surface area contributed by atoms with E-state index in [1.165, 1.54) is 16.7 Å². The van der Waals surface area contributed by atoms with Crippen molar-refractivity contribution in [2.75, 3.05) is 4.90 Å². The maximum absolute atomic E-state index is 4.76. The molecule has 0 aliphatic carbocycles. The van der Waals surface area contributed by atoms with E-state index in [2.05, 4.69) is 83.8 Å². The molecule has 0 saturated carbocycles. The van der Waals surface area contributed by atoms with Crippen LogP contribution < -0.4 is 4.90 Å². The van der Waals surface area contributed by atoms with Crippen LogP contribution in [0, 0.1) is 0 Å². The summed E-state index contributed by atoms with van der Waals surface area (Å²) < 4.78 is 0. The van der Waals surface area contributed by atoms with E-state index in [4.69, 9.17) is 4.98 Å². The van der Waals surface area contributed by atoms with Gasteiger partial charge in [0.1, 0.15) is 5.82 Å². The Kier molecular flexibility index (Phi) is 3.14. The Labute approximate surface area is 147 Å². The van der Waals surface area contributed by atoms with Crippen LogP contribution in [0.4, 0.5) is 17.2 Å². The Morgan fingerprint density at radius 3 is 1.92 bits per heavy atom. The average Bonchev–Trinajstić information content (AvgIpc) is 2.82. The van der Waals surface area contributed by atoms with Gasteiger partial charge in [0.25, 0.3) is 0 Å². The maximum atomic E-state index is 4.76. The lowest BCUT2D eigenvalue weighted by molar-refractivity contribution is 1.19. The minimum absolute atomic E-state index is 0.964. The van der Waals surface area contributed by atoms with Crippen molar-refractivity contribution >= 4 is 17.2 Å². The molecule has 0 unspecified atom stereocenters. The molecule has 0 atom stereocenters. The first-order valence-electron chi connectivity index (χ1n) is 8.42. The summed E-state index contributed by atoms with van der Waals surface area (Å²) in [5.74, 6) is 0.964. The van der Waals surface area contributed by atoms with Crippen molar-refractivity contribution < 1.29 is 0 Å². The predicted molar refractivity (Wildman–Crippen MR) is 103 cm³/mol. The normalized spacial score (nSPS) is 11.9. The molecular weight excluding hydrogens is 304 g/mol. The molecule has 118 valence electrons. The van der Waals surface area contributed by atoms with E-state index in [9.17, 15) is 0 Å². The molecule has 0 fully saturated rings. The van der Waals surface area contributed by atoms with E-state index in [1.807, 2.05) is 18.3 Å². The van der Waals surface area contributed by atoms with Gasteiger partial charge in [-0.3, -0.25) is 4.90 Å². The minimum Gasteiger partial charge on any atom is -0.294 e. The number of para-hydroxylation sites is 2. The third-order valence-corrected chi connectivity index (χ3v) is 4.67. The van der Waals surface area contributed by atoms with Crippen molar-refractivity contribution in [1.29, 1.82) is 0 Å². The van der Waals surface area contributed by atoms with Crippen molar-refractivity contribution in [2.24, 2.45) is 0 Å². The third kappa shape index (κ3) is 2.15. The highest BCUT2D eigenvalue weighted by Crippen LogP contribution is 2.49. The van der Waals surface area contributed by atoms with E-state index >= 15 is 0 Å². The summed E-state index contributed by atoms with van der Waals surface area (Å²) in [4.78, 5) is 7.02. The van der Waals surface area contributed by atoms with Crippen molar-refractivity contribution in [2.45, 2.75) is 0 Å². The molecule has 3 aromatic carbocycles. The number of fused-ring (bicyclic) bond motifs is 5. The quantitative estimate of drug-likeness (QED) is 0.365. The third-order valence-electron chi connectivity index (χ3n) is 4.67.